The molecule has 0 saturated carbocycles. The third kappa shape index (κ3) is 7.06. The molecule has 0 atom stereocenters. The van der Waals surface area contributed by atoms with Gasteiger partial charge in [0.25, 0.3) is 0 Å². The second-order valence-electron chi connectivity index (χ2n) is 21.5. The fourth-order valence-corrected chi connectivity index (χ4v) is 9.73. The summed E-state index contributed by atoms with van der Waals surface area (Å²) in [5.41, 5.74) is 15.6. The molecule has 6 aromatic carbocycles. The largest absolute Gasteiger partial charge is 0.457 e. The van der Waals surface area contributed by atoms with Gasteiger partial charge in [0, 0.05) is 57.5 Å². The van der Waals surface area contributed by atoms with Gasteiger partial charge in [0.1, 0.15) is 17.3 Å². The Kier molecular flexibility index (Phi) is 9.54. The number of anilines is 2. The van der Waals surface area contributed by atoms with E-state index in [4.69, 9.17) is 9.72 Å². The molecular formula is C59H60N4O. The van der Waals surface area contributed by atoms with Crippen LogP contribution in [0.25, 0.3) is 44.4 Å². The Hall–Kier alpha value is -6.59. The number of pyridine rings is 1. The van der Waals surface area contributed by atoms with Gasteiger partial charge in [-0.15, -0.1) is 0 Å². The molecule has 0 radical (unpaired) electrons. The molecule has 0 bridgehead atoms. The van der Waals surface area contributed by atoms with E-state index in [0.29, 0.717) is 6.67 Å². The number of hydrogen-bond acceptors (Lipinski definition) is 4. The highest BCUT2D eigenvalue weighted by Crippen LogP contribution is 2.53. The van der Waals surface area contributed by atoms with Gasteiger partial charge in [-0.05, 0) is 98.2 Å². The summed E-state index contributed by atoms with van der Waals surface area (Å²) < 4.78 is 9.37. The van der Waals surface area contributed by atoms with E-state index in [0.717, 1.165) is 39.4 Å². The van der Waals surface area contributed by atoms with Gasteiger partial charge >= 0.3 is 0 Å². The molecule has 8 aromatic rings. The maximum Gasteiger partial charge on any atom is 0.137 e. The zero-order valence-corrected chi connectivity index (χ0v) is 39.3. The van der Waals surface area contributed by atoms with Gasteiger partial charge in [-0.25, -0.2) is 4.98 Å². The van der Waals surface area contributed by atoms with Gasteiger partial charge in [0.05, 0.1) is 29.1 Å². The molecule has 64 heavy (non-hydrogen) atoms. The van der Waals surface area contributed by atoms with Crippen LogP contribution in [0.4, 0.5) is 11.4 Å². The molecule has 2 aliphatic rings. The number of benzene rings is 6. The molecule has 0 N–H and O–H groups in total. The average Bonchev–Trinajstić information content (AvgIpc) is 3.86. The van der Waals surface area contributed by atoms with Crippen LogP contribution in [0.1, 0.15) is 110 Å². The fraction of sp³-hybridized carbons (Fsp3) is 0.271. The van der Waals surface area contributed by atoms with Crippen molar-refractivity contribution in [1.29, 1.82) is 0 Å². The Morgan fingerprint density at radius 3 is 1.88 bits per heavy atom. The monoisotopic (exact) mass is 840 g/mol. The maximum atomic E-state index is 7.07. The summed E-state index contributed by atoms with van der Waals surface area (Å²) >= 11 is 0. The van der Waals surface area contributed by atoms with Crippen LogP contribution in [-0.4, -0.2) is 16.2 Å². The van der Waals surface area contributed by atoms with E-state index in [2.05, 4.69) is 236 Å². The standard InChI is InChI=1S/C59H60N4O/c1-56(2,3)40-29-41(57(4,5)6)31-42(30-40)61-36-53-46-22-15-16-23-48(46)55-49(58(7,8)9)33-44(35-52(55)62(53)37-61)64-43-25-26-47-45-21-17-18-24-50(45)63(51(47)34-43)54-32-39(27-28-60-54)59(10,11)38-19-13-12-14-20-38/h12-36H,37H2,1-11H3. The minimum Gasteiger partial charge on any atom is -0.457 e. The smallest absolute Gasteiger partial charge is 0.137 e. The first-order chi connectivity index (χ1) is 30.4. The number of aromatic nitrogens is 2. The zero-order chi connectivity index (χ0) is 44.9. The summed E-state index contributed by atoms with van der Waals surface area (Å²) in [4.78, 5) is 9.94. The summed E-state index contributed by atoms with van der Waals surface area (Å²) in [5.74, 6) is 2.48. The van der Waals surface area contributed by atoms with E-state index in [1.165, 1.54) is 61.3 Å². The summed E-state index contributed by atoms with van der Waals surface area (Å²) in [5, 5.41) is 2.34. The van der Waals surface area contributed by atoms with Crippen LogP contribution >= 0.6 is 0 Å². The normalized spacial score (nSPS) is 14.1. The minimum atomic E-state index is -0.211. The molecule has 2 aromatic heterocycles. The van der Waals surface area contributed by atoms with Crippen LogP contribution in [0, 0.1) is 0 Å². The summed E-state index contributed by atoms with van der Waals surface area (Å²) in [6, 6.07) is 50.9. The van der Waals surface area contributed by atoms with Crippen molar-refractivity contribution in [3.8, 4) is 28.4 Å². The van der Waals surface area contributed by atoms with Gasteiger partial charge in [0.2, 0.25) is 0 Å². The first-order valence-electron chi connectivity index (χ1n) is 22.8. The minimum absolute atomic E-state index is 0.0141. The van der Waals surface area contributed by atoms with Crippen molar-refractivity contribution in [2.75, 3.05) is 16.5 Å². The van der Waals surface area contributed by atoms with Gasteiger partial charge in [-0.3, -0.25) is 4.57 Å². The highest BCUT2D eigenvalue weighted by molar-refractivity contribution is 6.09. The van der Waals surface area contributed by atoms with E-state index in [1.54, 1.807) is 0 Å². The van der Waals surface area contributed by atoms with E-state index < -0.39 is 0 Å². The third-order valence-electron chi connectivity index (χ3n) is 13.6. The molecule has 10 rings (SSSR count). The summed E-state index contributed by atoms with van der Waals surface area (Å²) in [7, 11) is 0. The molecule has 0 saturated heterocycles. The molecule has 0 unspecified atom stereocenters. The molecule has 0 amide bonds. The molecule has 0 spiro atoms. The van der Waals surface area contributed by atoms with Crippen molar-refractivity contribution < 1.29 is 4.74 Å². The van der Waals surface area contributed by atoms with Crippen LogP contribution < -0.4 is 14.5 Å². The predicted octanol–water partition coefficient (Wildman–Crippen LogP) is 15.5. The number of fused-ring (bicyclic) bond motifs is 9. The van der Waals surface area contributed by atoms with Gasteiger partial charge in [-0.1, -0.05) is 155 Å². The third-order valence-corrected chi connectivity index (χ3v) is 13.6. The number of hydrogen-bond donors (Lipinski definition) is 0. The van der Waals surface area contributed by atoms with Gasteiger partial charge in [0.15, 0.2) is 0 Å². The lowest BCUT2D eigenvalue weighted by molar-refractivity contribution is 0.479. The lowest BCUT2D eigenvalue weighted by atomic mass is 9.78. The first-order valence-corrected chi connectivity index (χ1v) is 22.8. The fourth-order valence-electron chi connectivity index (χ4n) is 9.73. The second kappa shape index (κ2) is 14.7. The van der Waals surface area contributed by atoms with Gasteiger partial charge in [-0.2, -0.15) is 0 Å². The van der Waals surface area contributed by atoms with Crippen molar-refractivity contribution >= 4 is 38.9 Å². The first kappa shape index (κ1) is 41.4. The van der Waals surface area contributed by atoms with Crippen molar-refractivity contribution in [3.63, 3.8) is 0 Å². The number of ether oxygens (including phenoxy) is 1. The number of nitrogens with zero attached hydrogens (tertiary/aromatic N) is 4. The van der Waals surface area contributed by atoms with Crippen LogP contribution in [0.3, 0.4) is 0 Å². The molecular weight excluding hydrogens is 781 g/mol. The maximum absolute atomic E-state index is 7.07. The molecule has 322 valence electrons. The van der Waals surface area contributed by atoms with Crippen LogP contribution in [-0.2, 0) is 21.7 Å². The highest BCUT2D eigenvalue weighted by atomic mass is 16.5. The van der Waals surface area contributed by atoms with Crippen LogP contribution in [0.2, 0.25) is 0 Å². The lowest BCUT2D eigenvalue weighted by Gasteiger charge is -2.36. The topological polar surface area (TPSA) is 33.5 Å². The van der Waals surface area contributed by atoms with E-state index >= 15 is 0 Å². The Labute approximate surface area is 379 Å². The number of para-hydroxylation sites is 1. The molecule has 4 heterocycles. The Bertz CT molecular complexity index is 3120. The predicted molar refractivity (Wildman–Crippen MR) is 269 cm³/mol. The summed E-state index contributed by atoms with van der Waals surface area (Å²) in [6.45, 7) is 26.1. The van der Waals surface area contributed by atoms with Crippen molar-refractivity contribution in [2.24, 2.45) is 0 Å². The molecule has 5 nitrogen and oxygen atoms in total. The van der Waals surface area contributed by atoms with E-state index in [1.807, 2.05) is 6.20 Å². The highest BCUT2D eigenvalue weighted by Gasteiger charge is 2.37. The van der Waals surface area contributed by atoms with Crippen molar-refractivity contribution in [1.82, 2.24) is 9.55 Å². The molecule has 0 aliphatic carbocycles. The second-order valence-corrected chi connectivity index (χ2v) is 21.5. The van der Waals surface area contributed by atoms with E-state index in [-0.39, 0.29) is 21.7 Å². The number of rotatable bonds is 6. The molecule has 5 heteroatoms. The molecule has 0 fully saturated rings. The van der Waals surface area contributed by atoms with Gasteiger partial charge < -0.3 is 14.5 Å². The lowest BCUT2D eigenvalue weighted by Crippen LogP contribution is -2.30. The SMILES string of the molecule is CC(C)(C)c1cc(N2C=C3c4ccccc4-c4c(cc(Oc5ccc6c7ccccc7n(-c7cc(C(C)(C)c8ccccc8)ccn7)c6c5)cc4C(C)(C)C)N3C2)cc(C(C)(C)C)c1. The average molecular weight is 841 g/mol. The molecule has 2 aliphatic heterocycles. The van der Waals surface area contributed by atoms with Crippen molar-refractivity contribution in [3.05, 3.63) is 185 Å². The van der Waals surface area contributed by atoms with E-state index in [9.17, 15) is 0 Å². The van der Waals surface area contributed by atoms with Crippen LogP contribution in [0.5, 0.6) is 11.5 Å². The Morgan fingerprint density at radius 2 is 1.17 bits per heavy atom. The Balaban J connectivity index is 1.09. The van der Waals surface area contributed by atoms with Crippen LogP contribution in [0.15, 0.2) is 152 Å². The van der Waals surface area contributed by atoms with Crippen molar-refractivity contribution in [2.45, 2.75) is 97.8 Å². The summed E-state index contributed by atoms with van der Waals surface area (Å²) in [6.07, 6.45) is 4.31. The Morgan fingerprint density at radius 1 is 0.516 bits per heavy atom. The quantitative estimate of drug-likeness (QED) is 0.167. The zero-order valence-electron chi connectivity index (χ0n) is 39.3.